The molecule has 4 aliphatic carbocycles. The van der Waals surface area contributed by atoms with Gasteiger partial charge in [0.25, 0.3) is 0 Å². The summed E-state index contributed by atoms with van der Waals surface area (Å²) in [5.74, 6) is 0.138. The minimum absolute atomic E-state index is 0.0122. The Kier molecular flexibility index (Phi) is 6.91. The van der Waals surface area contributed by atoms with Gasteiger partial charge >= 0.3 is 11.9 Å². The molecule has 38 heavy (non-hydrogen) atoms. The van der Waals surface area contributed by atoms with E-state index in [9.17, 15) is 19.8 Å². The summed E-state index contributed by atoms with van der Waals surface area (Å²) in [4.78, 5) is 26.6. The highest BCUT2D eigenvalue weighted by molar-refractivity contribution is 5.94. The van der Waals surface area contributed by atoms with Gasteiger partial charge in [-0.2, -0.15) is 0 Å². The first-order valence-corrected chi connectivity index (χ1v) is 15.3. The second-order valence-corrected chi connectivity index (χ2v) is 14.5. The van der Waals surface area contributed by atoms with Crippen LogP contribution in [0.25, 0.3) is 0 Å². The molecule has 3 saturated carbocycles. The molecule has 6 heteroatoms. The molecule has 1 aliphatic heterocycles. The molecule has 0 saturated heterocycles. The second-order valence-electron chi connectivity index (χ2n) is 14.5. The maximum absolute atomic E-state index is 13.4. The fourth-order valence-corrected chi connectivity index (χ4v) is 10.7. The van der Waals surface area contributed by atoms with Crippen LogP contribution in [-0.2, 0) is 19.1 Å². The molecule has 0 radical (unpaired) electrons. The van der Waals surface area contributed by atoms with Gasteiger partial charge in [-0.1, -0.05) is 54.4 Å². The molecule has 11 atom stereocenters. The summed E-state index contributed by atoms with van der Waals surface area (Å²) in [6.07, 6.45) is 6.32. The van der Waals surface area contributed by atoms with E-state index in [1.165, 1.54) is 25.7 Å². The maximum atomic E-state index is 13.4. The van der Waals surface area contributed by atoms with Crippen molar-refractivity contribution >= 4 is 11.9 Å². The highest BCUT2D eigenvalue weighted by Crippen LogP contribution is 2.74. The van der Waals surface area contributed by atoms with Gasteiger partial charge in [0.05, 0.1) is 24.2 Å². The number of esters is 2. The van der Waals surface area contributed by atoms with Crippen LogP contribution >= 0.6 is 0 Å². The number of aliphatic hydroxyl groups is 2. The molecular formula is C32H50O6. The molecule has 5 aliphatic rings. The van der Waals surface area contributed by atoms with Crippen LogP contribution in [-0.4, -0.2) is 46.6 Å². The summed E-state index contributed by atoms with van der Waals surface area (Å²) in [5, 5.41) is 21.6. The number of hydrogen-bond donors (Lipinski definition) is 2. The summed E-state index contributed by atoms with van der Waals surface area (Å²) >= 11 is 0. The topological polar surface area (TPSA) is 93.1 Å². The third-order valence-corrected chi connectivity index (χ3v) is 12.8. The molecule has 0 aromatic rings. The van der Waals surface area contributed by atoms with Crippen LogP contribution in [0.3, 0.4) is 0 Å². The van der Waals surface area contributed by atoms with Crippen molar-refractivity contribution in [3.63, 3.8) is 0 Å². The number of carbonyl (C=O) groups is 2. The van der Waals surface area contributed by atoms with Crippen molar-refractivity contribution in [2.45, 2.75) is 137 Å². The first-order valence-electron chi connectivity index (χ1n) is 15.3. The molecule has 0 spiro atoms. The number of aliphatic hydroxyl groups excluding tert-OH is 2. The number of fused-ring (bicyclic) bond motifs is 6. The molecule has 1 heterocycles. The first kappa shape index (κ1) is 28.1. The van der Waals surface area contributed by atoms with Crippen molar-refractivity contribution in [3.8, 4) is 0 Å². The van der Waals surface area contributed by atoms with Crippen LogP contribution in [0.5, 0.6) is 0 Å². The van der Waals surface area contributed by atoms with E-state index in [0.29, 0.717) is 47.7 Å². The molecule has 5 rings (SSSR count). The van der Waals surface area contributed by atoms with Gasteiger partial charge in [-0.05, 0) is 85.9 Å². The van der Waals surface area contributed by atoms with Crippen LogP contribution < -0.4 is 0 Å². The Balaban J connectivity index is 1.63. The molecule has 214 valence electrons. The third kappa shape index (κ3) is 3.78. The van der Waals surface area contributed by atoms with Crippen molar-refractivity contribution < 1.29 is 29.3 Å². The standard InChI is InChI=1S/C32H50O6/c1-8-19(33)15-25(35)38-24-17-22-30(5)13-10-12-29(4,9-2)21(30)11-14-31(22,6)23-16-20(34)26-18(3)37-28(36)27(26)32(23,24)7/h18-24,33-34H,8-17H2,1-7H3/t18-,19?,20+,21-,22?,23-,24+,29-,30-,31+,32+/m0/s1. The van der Waals surface area contributed by atoms with Gasteiger partial charge in [0.1, 0.15) is 12.2 Å². The average molecular weight is 531 g/mol. The number of carbonyl (C=O) groups excluding carboxylic acids is 2. The highest BCUT2D eigenvalue weighted by Gasteiger charge is 2.71. The fourth-order valence-electron chi connectivity index (χ4n) is 10.7. The van der Waals surface area contributed by atoms with E-state index in [-0.39, 0.29) is 29.1 Å². The van der Waals surface area contributed by atoms with Gasteiger partial charge in [0, 0.05) is 11.0 Å². The van der Waals surface area contributed by atoms with Gasteiger partial charge in [-0.3, -0.25) is 4.79 Å². The van der Waals surface area contributed by atoms with E-state index in [1.807, 2.05) is 13.8 Å². The van der Waals surface area contributed by atoms with Crippen LogP contribution in [0.2, 0.25) is 0 Å². The lowest BCUT2D eigenvalue weighted by molar-refractivity contribution is -0.232. The summed E-state index contributed by atoms with van der Waals surface area (Å²) in [6, 6.07) is 0. The summed E-state index contributed by atoms with van der Waals surface area (Å²) in [6.45, 7) is 15.5. The zero-order chi connectivity index (χ0) is 27.8. The molecular weight excluding hydrogens is 480 g/mol. The van der Waals surface area contributed by atoms with Gasteiger partial charge < -0.3 is 19.7 Å². The highest BCUT2D eigenvalue weighted by atomic mass is 16.6. The number of ether oxygens (including phenoxy) is 2. The number of cyclic esters (lactones) is 1. The Morgan fingerprint density at radius 2 is 1.74 bits per heavy atom. The van der Waals surface area contributed by atoms with E-state index in [2.05, 4.69) is 34.6 Å². The molecule has 3 fully saturated rings. The molecule has 2 unspecified atom stereocenters. The van der Waals surface area contributed by atoms with Crippen molar-refractivity contribution in [2.24, 2.45) is 39.4 Å². The largest absolute Gasteiger partial charge is 0.461 e. The van der Waals surface area contributed by atoms with E-state index in [1.54, 1.807) is 0 Å². The summed E-state index contributed by atoms with van der Waals surface area (Å²) in [7, 11) is 0. The lowest BCUT2D eigenvalue weighted by Crippen LogP contribution is -2.67. The van der Waals surface area contributed by atoms with Gasteiger partial charge in [-0.25, -0.2) is 4.79 Å². The van der Waals surface area contributed by atoms with E-state index in [4.69, 9.17) is 9.47 Å². The molecule has 6 nitrogen and oxygen atoms in total. The molecule has 0 bridgehead atoms. The zero-order valence-corrected chi connectivity index (χ0v) is 24.6. The SMILES string of the molecule is CCC(O)CC(=O)O[C@@H]1CC2[C@@](C)(CC[C@H]3[C@@](C)(CC)CCC[C@]23C)[C@@H]2C[C@@H](O)C3=C(C(=O)O[C@H]3C)[C@]21C. The summed E-state index contributed by atoms with van der Waals surface area (Å²) in [5.41, 5.74) is 0.815. The smallest absolute Gasteiger partial charge is 0.335 e. The van der Waals surface area contributed by atoms with Crippen molar-refractivity contribution in [1.82, 2.24) is 0 Å². The van der Waals surface area contributed by atoms with Crippen molar-refractivity contribution in [2.75, 3.05) is 0 Å². The normalized spacial score (nSPS) is 48.8. The lowest BCUT2D eigenvalue weighted by atomic mass is 9.34. The predicted octanol–water partition coefficient (Wildman–Crippen LogP) is 5.73. The Morgan fingerprint density at radius 3 is 2.39 bits per heavy atom. The average Bonchev–Trinajstić information content (AvgIpc) is 3.16. The minimum Gasteiger partial charge on any atom is -0.461 e. The van der Waals surface area contributed by atoms with E-state index >= 15 is 0 Å². The van der Waals surface area contributed by atoms with Gasteiger partial charge in [0.15, 0.2) is 0 Å². The zero-order valence-electron chi connectivity index (χ0n) is 24.6. The minimum atomic E-state index is -0.737. The van der Waals surface area contributed by atoms with Crippen LogP contribution in [0.1, 0.15) is 113 Å². The number of hydrogen-bond acceptors (Lipinski definition) is 6. The van der Waals surface area contributed by atoms with Crippen LogP contribution in [0, 0.1) is 39.4 Å². The van der Waals surface area contributed by atoms with Crippen molar-refractivity contribution in [1.29, 1.82) is 0 Å². The third-order valence-electron chi connectivity index (χ3n) is 12.8. The Hall–Kier alpha value is -1.40. The molecule has 0 aromatic heterocycles. The predicted molar refractivity (Wildman–Crippen MR) is 145 cm³/mol. The van der Waals surface area contributed by atoms with Crippen LogP contribution in [0.4, 0.5) is 0 Å². The quantitative estimate of drug-likeness (QED) is 0.441. The van der Waals surface area contributed by atoms with Crippen LogP contribution in [0.15, 0.2) is 11.1 Å². The summed E-state index contributed by atoms with van der Waals surface area (Å²) < 4.78 is 12.0. The Morgan fingerprint density at radius 1 is 1.05 bits per heavy atom. The number of rotatable bonds is 5. The molecule has 0 aromatic carbocycles. The van der Waals surface area contributed by atoms with Gasteiger partial charge in [0.2, 0.25) is 0 Å². The van der Waals surface area contributed by atoms with Crippen molar-refractivity contribution in [3.05, 3.63) is 11.1 Å². The second kappa shape index (κ2) is 9.33. The maximum Gasteiger partial charge on any atom is 0.335 e. The van der Waals surface area contributed by atoms with E-state index in [0.717, 1.165) is 12.8 Å². The lowest BCUT2D eigenvalue weighted by Gasteiger charge is -2.70. The Labute approximate surface area is 228 Å². The van der Waals surface area contributed by atoms with E-state index < -0.39 is 35.8 Å². The molecule has 0 amide bonds. The fraction of sp³-hybridized carbons (Fsp3) is 0.875. The first-order chi connectivity index (χ1) is 17.8. The molecule has 2 N–H and O–H groups in total. The monoisotopic (exact) mass is 530 g/mol. The van der Waals surface area contributed by atoms with Gasteiger partial charge in [-0.15, -0.1) is 0 Å². The Bertz CT molecular complexity index is 1020.